The zero-order valence-corrected chi connectivity index (χ0v) is 27.0. The van der Waals surface area contributed by atoms with E-state index in [4.69, 9.17) is 19.9 Å². The van der Waals surface area contributed by atoms with Crippen molar-refractivity contribution in [2.75, 3.05) is 36.9 Å². The van der Waals surface area contributed by atoms with E-state index in [-0.39, 0.29) is 23.9 Å². The number of allylic oxidation sites excluding steroid dienone is 1. The van der Waals surface area contributed by atoms with Crippen molar-refractivity contribution in [1.29, 1.82) is 5.41 Å². The van der Waals surface area contributed by atoms with Crippen LogP contribution in [-0.4, -0.2) is 59.3 Å². The van der Waals surface area contributed by atoms with Crippen LogP contribution >= 0.6 is 0 Å². The summed E-state index contributed by atoms with van der Waals surface area (Å²) in [5.41, 5.74) is 7.75. The largest absolute Gasteiger partial charge is 0.486 e. The van der Waals surface area contributed by atoms with Crippen LogP contribution in [0.5, 0.6) is 0 Å². The van der Waals surface area contributed by atoms with Crippen LogP contribution < -0.4 is 10.6 Å². The van der Waals surface area contributed by atoms with Gasteiger partial charge in [0.05, 0.1) is 5.69 Å². The molecule has 2 fully saturated rings. The molecule has 0 radical (unpaired) electrons. The molecule has 7 heteroatoms. The van der Waals surface area contributed by atoms with Gasteiger partial charge in [0.25, 0.3) is 0 Å². The first-order chi connectivity index (χ1) is 20.6. The quantitative estimate of drug-likeness (QED) is 0.116. The van der Waals surface area contributed by atoms with E-state index >= 15 is 0 Å². The summed E-state index contributed by atoms with van der Waals surface area (Å²) >= 11 is 0. The van der Waals surface area contributed by atoms with Crippen LogP contribution in [0, 0.1) is 5.41 Å². The Hall–Kier alpha value is -2.90. The van der Waals surface area contributed by atoms with Gasteiger partial charge in [-0.05, 0) is 96.3 Å². The van der Waals surface area contributed by atoms with Gasteiger partial charge < -0.3 is 25.5 Å². The van der Waals surface area contributed by atoms with Crippen LogP contribution in [0.25, 0.3) is 0 Å². The van der Waals surface area contributed by atoms with Crippen LogP contribution in [0.15, 0.2) is 41.7 Å². The number of para-hydroxylation sites is 1. The standard InChI is InChI=1S/C36H52N5O2/c1-24(37)30-16-10-17-31-32(30)39-25(2)41(33(31)34(26-12-9-13-26)43-36(3,4)5)22-29(23-41)42-21-8-6-7-15-28-19-18-27-14-11-20-38-35(27)40-28/h10,16-19,25,29,33,37,39H,6-9,11-15,20-23H2,1-5H3,(H,38,40)/q+1. The van der Waals surface area contributed by atoms with Crippen LogP contribution in [0.1, 0.15) is 108 Å². The molecule has 1 spiro atoms. The fraction of sp³-hybridized carbons (Fsp3) is 0.611. The molecular weight excluding hydrogens is 534 g/mol. The minimum Gasteiger partial charge on any atom is -0.486 e. The number of fused-ring (bicyclic) bond motifs is 2. The Labute approximate surface area is 258 Å². The van der Waals surface area contributed by atoms with E-state index in [0.717, 1.165) is 92.7 Å². The third-order valence-electron chi connectivity index (χ3n) is 9.87. The number of benzene rings is 1. The molecule has 4 aliphatic rings. The summed E-state index contributed by atoms with van der Waals surface area (Å²) in [5, 5.41) is 15.8. The molecule has 0 bridgehead atoms. The SMILES string of the molecule is CC(=N)c1cccc2c1NC(C)[N+]1(CC(OCCCCCc3ccc4c(n3)NCCC4)C1)C2C(OC(C)(C)C)=C1CCC1. The maximum Gasteiger partial charge on any atom is 0.176 e. The lowest BCUT2D eigenvalue weighted by molar-refractivity contribution is -1.01. The van der Waals surface area contributed by atoms with Gasteiger partial charge in [-0.2, -0.15) is 0 Å². The second-order valence-corrected chi connectivity index (χ2v) is 14.3. The highest BCUT2D eigenvalue weighted by Gasteiger charge is 2.59. The van der Waals surface area contributed by atoms with Gasteiger partial charge in [0.1, 0.15) is 24.5 Å². The van der Waals surface area contributed by atoms with Gasteiger partial charge in [0.15, 0.2) is 24.1 Å². The molecule has 3 aliphatic heterocycles. The summed E-state index contributed by atoms with van der Waals surface area (Å²) in [5.74, 6) is 2.28. The molecule has 1 aliphatic carbocycles. The first kappa shape index (κ1) is 30.1. The first-order valence-corrected chi connectivity index (χ1v) is 16.7. The third kappa shape index (κ3) is 6.21. The molecule has 3 N–H and O–H groups in total. The maximum atomic E-state index is 8.48. The lowest BCUT2D eigenvalue weighted by Crippen LogP contribution is -2.75. The fourth-order valence-electron chi connectivity index (χ4n) is 7.42. The number of pyridine rings is 1. The lowest BCUT2D eigenvalue weighted by atomic mass is 9.81. The highest BCUT2D eigenvalue weighted by molar-refractivity contribution is 6.02. The average molecular weight is 587 g/mol. The molecular formula is C36H52N5O2+. The van der Waals surface area contributed by atoms with Crippen molar-refractivity contribution in [1.82, 2.24) is 4.98 Å². The summed E-state index contributed by atoms with van der Waals surface area (Å²) in [6.07, 6.45) is 10.7. The highest BCUT2D eigenvalue weighted by Crippen LogP contribution is 2.53. The van der Waals surface area contributed by atoms with Gasteiger partial charge in [-0.25, -0.2) is 4.98 Å². The predicted molar refractivity (Wildman–Crippen MR) is 175 cm³/mol. The molecule has 2 atom stereocenters. The highest BCUT2D eigenvalue weighted by atomic mass is 16.5. The molecule has 2 aromatic rings. The van der Waals surface area contributed by atoms with Crippen molar-refractivity contribution in [3.8, 4) is 0 Å². The van der Waals surface area contributed by atoms with Crippen molar-refractivity contribution in [3.05, 3.63) is 64.0 Å². The van der Waals surface area contributed by atoms with Crippen LogP contribution in [-0.2, 0) is 22.3 Å². The number of aryl methyl sites for hydroxylation is 2. The summed E-state index contributed by atoms with van der Waals surface area (Å²) < 4.78 is 14.3. The number of ether oxygens (including phenoxy) is 2. The number of rotatable bonds is 10. The van der Waals surface area contributed by atoms with Crippen molar-refractivity contribution >= 4 is 17.2 Å². The van der Waals surface area contributed by atoms with Gasteiger partial charge >= 0.3 is 0 Å². The monoisotopic (exact) mass is 586 g/mol. The first-order valence-electron chi connectivity index (χ1n) is 16.7. The van der Waals surface area contributed by atoms with Crippen molar-refractivity contribution in [2.45, 2.75) is 116 Å². The number of unbranched alkanes of at least 4 members (excludes halogenated alkanes) is 2. The fourth-order valence-corrected chi connectivity index (χ4v) is 7.42. The minimum absolute atomic E-state index is 0.124. The molecule has 0 amide bonds. The number of nitrogens with one attached hydrogen (secondary N) is 3. The van der Waals surface area contributed by atoms with Crippen molar-refractivity contribution in [2.24, 2.45) is 0 Å². The Morgan fingerprint density at radius 2 is 1.86 bits per heavy atom. The molecule has 1 saturated carbocycles. The molecule has 43 heavy (non-hydrogen) atoms. The molecule has 232 valence electrons. The van der Waals surface area contributed by atoms with Crippen LogP contribution in [0.2, 0.25) is 0 Å². The average Bonchev–Trinajstić information content (AvgIpc) is 2.91. The number of hydrogen-bond donors (Lipinski definition) is 3. The van der Waals surface area contributed by atoms with E-state index in [0.29, 0.717) is 5.71 Å². The van der Waals surface area contributed by atoms with Gasteiger partial charge in [0.2, 0.25) is 0 Å². The smallest absolute Gasteiger partial charge is 0.176 e. The zero-order chi connectivity index (χ0) is 30.2. The minimum atomic E-state index is -0.267. The van der Waals surface area contributed by atoms with Gasteiger partial charge in [-0.15, -0.1) is 0 Å². The molecule has 1 saturated heterocycles. The number of hydrogen-bond acceptors (Lipinski definition) is 6. The predicted octanol–water partition coefficient (Wildman–Crippen LogP) is 7.52. The molecule has 4 heterocycles. The van der Waals surface area contributed by atoms with E-state index in [1.54, 1.807) is 0 Å². The lowest BCUT2D eigenvalue weighted by Gasteiger charge is -2.60. The third-order valence-corrected chi connectivity index (χ3v) is 9.87. The molecule has 2 unspecified atom stereocenters. The van der Waals surface area contributed by atoms with Crippen molar-refractivity contribution in [3.63, 3.8) is 0 Å². The second-order valence-electron chi connectivity index (χ2n) is 14.3. The van der Waals surface area contributed by atoms with E-state index in [1.165, 1.54) is 41.0 Å². The Kier molecular flexibility index (Phi) is 8.58. The summed E-state index contributed by atoms with van der Waals surface area (Å²) in [4.78, 5) is 4.86. The normalized spacial score (nSPS) is 25.9. The van der Waals surface area contributed by atoms with E-state index in [1.807, 2.05) is 6.92 Å². The summed E-state index contributed by atoms with van der Waals surface area (Å²) in [7, 11) is 0. The number of nitrogens with zero attached hydrogens (tertiary/aromatic N) is 2. The maximum absolute atomic E-state index is 8.48. The summed E-state index contributed by atoms with van der Waals surface area (Å²) in [6, 6.07) is 11.1. The Bertz CT molecular complexity index is 1360. The topological polar surface area (TPSA) is 79.3 Å². The number of quaternary nitrogens is 1. The van der Waals surface area contributed by atoms with E-state index in [2.05, 4.69) is 68.7 Å². The van der Waals surface area contributed by atoms with Crippen molar-refractivity contribution < 1.29 is 14.0 Å². The zero-order valence-electron chi connectivity index (χ0n) is 27.0. The van der Waals surface area contributed by atoms with Gasteiger partial charge in [-0.3, -0.25) is 4.48 Å². The van der Waals surface area contributed by atoms with Gasteiger partial charge in [0, 0.05) is 42.6 Å². The molecule has 1 aromatic carbocycles. The number of aromatic nitrogens is 1. The van der Waals surface area contributed by atoms with Crippen LogP contribution in [0.4, 0.5) is 11.5 Å². The van der Waals surface area contributed by atoms with E-state index < -0.39 is 0 Å². The Morgan fingerprint density at radius 1 is 1.05 bits per heavy atom. The Morgan fingerprint density at radius 3 is 2.58 bits per heavy atom. The molecule has 7 nitrogen and oxygen atoms in total. The van der Waals surface area contributed by atoms with Crippen LogP contribution in [0.3, 0.4) is 0 Å². The second kappa shape index (κ2) is 12.2. The Balaban J connectivity index is 1.11. The summed E-state index contributed by atoms with van der Waals surface area (Å²) in [6.45, 7) is 14.5. The van der Waals surface area contributed by atoms with Gasteiger partial charge in [-0.1, -0.05) is 30.7 Å². The number of anilines is 2. The molecule has 1 aromatic heterocycles. The van der Waals surface area contributed by atoms with E-state index in [9.17, 15) is 0 Å². The molecule has 6 rings (SSSR count).